The van der Waals surface area contributed by atoms with Gasteiger partial charge < -0.3 is 0 Å². The summed E-state index contributed by atoms with van der Waals surface area (Å²) in [6.45, 7) is 0. The Hall–Kier alpha value is -2.06. The van der Waals surface area contributed by atoms with E-state index in [4.69, 9.17) is 0 Å². The minimum absolute atomic E-state index is 0.0179. The molecule has 25 heavy (non-hydrogen) atoms. The lowest BCUT2D eigenvalue weighted by Gasteiger charge is -2.22. The largest absolute Gasteiger partial charge is 0.294 e. The molecule has 1 aliphatic carbocycles. The molecule has 0 heterocycles. The maximum absolute atomic E-state index is 13.0. The maximum Gasteiger partial charge on any atom is 0.270 e. The van der Waals surface area contributed by atoms with Gasteiger partial charge in [-0.3, -0.25) is 14.9 Å². The zero-order chi connectivity index (χ0) is 18.6. The van der Waals surface area contributed by atoms with Crippen LogP contribution < -0.4 is 0 Å². The van der Waals surface area contributed by atoms with E-state index in [0.717, 1.165) is 29.0 Å². The van der Waals surface area contributed by atoms with Gasteiger partial charge in [0.2, 0.25) is 10.0 Å². The molecule has 0 bridgehead atoms. The number of benzene rings is 1. The Bertz CT molecular complexity index is 793. The fourth-order valence-electron chi connectivity index (χ4n) is 2.89. The van der Waals surface area contributed by atoms with Gasteiger partial charge in [0.25, 0.3) is 5.69 Å². The molecule has 0 unspecified atom stereocenters. The number of nitro benzene ring substituents is 1. The first-order chi connectivity index (χ1) is 11.7. The predicted octanol–water partition coefficient (Wildman–Crippen LogP) is 2.98. The Kier molecular flexibility index (Phi) is 6.07. The van der Waals surface area contributed by atoms with E-state index in [2.05, 4.69) is 0 Å². The molecule has 0 radical (unpaired) electrons. The average Bonchev–Trinajstić information content (AvgIpc) is 2.60. The number of carbonyl (C=O) groups excluding carboxylic acids is 1. The SMILES string of the molecule is CN(C)S(=O)(=O)C=C(C(=O)C1CCCCC1)c1cccc([N+](=O)[O-])c1. The quantitative estimate of drug-likeness (QED) is 0.438. The molecule has 1 aliphatic rings. The van der Waals surface area contributed by atoms with Gasteiger partial charge in [-0.15, -0.1) is 0 Å². The molecule has 1 fully saturated rings. The highest BCUT2D eigenvalue weighted by Gasteiger charge is 2.27. The lowest BCUT2D eigenvalue weighted by Crippen LogP contribution is -2.23. The minimum atomic E-state index is -3.78. The highest BCUT2D eigenvalue weighted by molar-refractivity contribution is 7.92. The van der Waals surface area contributed by atoms with Crippen molar-refractivity contribution in [3.05, 3.63) is 45.4 Å². The van der Waals surface area contributed by atoms with Gasteiger partial charge in [0.1, 0.15) is 0 Å². The van der Waals surface area contributed by atoms with Crippen LogP contribution in [0.4, 0.5) is 5.69 Å². The van der Waals surface area contributed by atoms with Gasteiger partial charge in [-0.05, 0) is 18.4 Å². The van der Waals surface area contributed by atoms with Crippen molar-refractivity contribution in [2.75, 3.05) is 14.1 Å². The van der Waals surface area contributed by atoms with E-state index in [0.29, 0.717) is 12.8 Å². The highest BCUT2D eigenvalue weighted by Crippen LogP contribution is 2.31. The summed E-state index contributed by atoms with van der Waals surface area (Å²) >= 11 is 0. The zero-order valence-corrected chi connectivity index (χ0v) is 15.2. The normalized spacial score (nSPS) is 16.8. The number of carbonyl (C=O) groups is 1. The van der Waals surface area contributed by atoms with E-state index in [1.807, 2.05) is 0 Å². The van der Waals surface area contributed by atoms with Crippen molar-refractivity contribution >= 4 is 27.1 Å². The van der Waals surface area contributed by atoms with Gasteiger partial charge >= 0.3 is 0 Å². The van der Waals surface area contributed by atoms with Gasteiger partial charge in [-0.2, -0.15) is 0 Å². The highest BCUT2D eigenvalue weighted by atomic mass is 32.2. The molecule has 7 nitrogen and oxygen atoms in total. The van der Waals surface area contributed by atoms with Crippen LogP contribution in [0, 0.1) is 16.0 Å². The third kappa shape index (κ3) is 4.73. The smallest absolute Gasteiger partial charge is 0.270 e. The summed E-state index contributed by atoms with van der Waals surface area (Å²) in [6.07, 6.45) is 4.36. The van der Waals surface area contributed by atoms with Crippen LogP contribution in [-0.2, 0) is 14.8 Å². The van der Waals surface area contributed by atoms with Crippen LogP contribution in [0.25, 0.3) is 5.57 Å². The van der Waals surface area contributed by atoms with Crippen LogP contribution in [0.3, 0.4) is 0 Å². The predicted molar refractivity (Wildman–Crippen MR) is 95.3 cm³/mol. The third-order valence-corrected chi connectivity index (χ3v) is 5.94. The fraction of sp³-hybridized carbons (Fsp3) is 0.471. The van der Waals surface area contributed by atoms with Crippen LogP contribution >= 0.6 is 0 Å². The number of rotatable bonds is 6. The van der Waals surface area contributed by atoms with Crippen molar-refractivity contribution < 1.29 is 18.1 Å². The van der Waals surface area contributed by atoms with E-state index in [9.17, 15) is 23.3 Å². The lowest BCUT2D eigenvalue weighted by atomic mass is 9.82. The first kappa shape index (κ1) is 19.3. The molecule has 0 spiro atoms. The first-order valence-corrected chi connectivity index (χ1v) is 9.66. The number of Topliss-reactive ketones (excluding diaryl/α,β-unsaturated/α-hetero) is 1. The summed E-state index contributed by atoms with van der Waals surface area (Å²) in [4.78, 5) is 23.4. The van der Waals surface area contributed by atoms with Gasteiger partial charge in [-0.1, -0.05) is 31.4 Å². The molecular weight excluding hydrogens is 344 g/mol. The zero-order valence-electron chi connectivity index (χ0n) is 14.3. The van der Waals surface area contributed by atoms with Gasteiger partial charge in [0.15, 0.2) is 5.78 Å². The van der Waals surface area contributed by atoms with Gasteiger partial charge in [-0.25, -0.2) is 12.7 Å². The maximum atomic E-state index is 13.0. The minimum Gasteiger partial charge on any atom is -0.294 e. The molecule has 8 heteroatoms. The van der Waals surface area contributed by atoms with E-state index < -0.39 is 14.9 Å². The molecular formula is C17H22N2O5S. The molecule has 1 saturated carbocycles. The van der Waals surface area contributed by atoms with Crippen molar-refractivity contribution in [3.8, 4) is 0 Å². The van der Waals surface area contributed by atoms with Crippen LogP contribution in [-0.4, -0.2) is 37.5 Å². The van der Waals surface area contributed by atoms with E-state index >= 15 is 0 Å². The number of sulfonamides is 1. The number of non-ortho nitro benzene ring substituents is 1. The second kappa shape index (κ2) is 7.88. The van der Waals surface area contributed by atoms with Crippen molar-refractivity contribution in [2.24, 2.45) is 5.92 Å². The second-order valence-corrected chi connectivity index (χ2v) is 8.36. The van der Waals surface area contributed by atoms with E-state index in [1.54, 1.807) is 0 Å². The van der Waals surface area contributed by atoms with Crippen LogP contribution in [0.1, 0.15) is 37.7 Å². The molecule has 1 aromatic rings. The number of hydrogen-bond donors (Lipinski definition) is 0. The molecule has 0 aromatic heterocycles. The number of nitro groups is 1. The molecule has 0 atom stereocenters. The van der Waals surface area contributed by atoms with E-state index in [1.165, 1.54) is 38.4 Å². The summed E-state index contributed by atoms with van der Waals surface area (Å²) in [5.74, 6) is -0.498. The van der Waals surface area contributed by atoms with Crippen LogP contribution in [0.5, 0.6) is 0 Å². The lowest BCUT2D eigenvalue weighted by molar-refractivity contribution is -0.384. The Balaban J connectivity index is 2.52. The summed E-state index contributed by atoms with van der Waals surface area (Å²) in [5.41, 5.74) is 0.0987. The average molecular weight is 366 g/mol. The monoisotopic (exact) mass is 366 g/mol. The molecule has 1 aromatic carbocycles. The summed E-state index contributed by atoms with van der Waals surface area (Å²) < 4.78 is 25.6. The molecule has 0 N–H and O–H groups in total. The summed E-state index contributed by atoms with van der Waals surface area (Å²) in [7, 11) is -1.03. The standard InChI is InChI=1S/C17H22N2O5S/c1-18(2)25(23,24)12-16(17(20)13-7-4-3-5-8-13)14-9-6-10-15(11-14)19(21)22/h6,9-13H,3-5,7-8H2,1-2H3. The molecule has 0 amide bonds. The number of allylic oxidation sites excluding steroid dienone is 1. The second-order valence-electron chi connectivity index (χ2n) is 6.37. The summed E-state index contributed by atoms with van der Waals surface area (Å²) in [6, 6.07) is 5.55. The Labute approximate surface area is 147 Å². The third-order valence-electron chi connectivity index (χ3n) is 4.39. The van der Waals surface area contributed by atoms with Crippen molar-refractivity contribution in [1.29, 1.82) is 0 Å². The Morgan fingerprint density at radius 2 is 1.88 bits per heavy atom. The van der Waals surface area contributed by atoms with E-state index in [-0.39, 0.29) is 28.5 Å². The fourth-order valence-corrected chi connectivity index (χ4v) is 3.66. The van der Waals surface area contributed by atoms with Crippen LogP contribution in [0.15, 0.2) is 29.7 Å². The van der Waals surface area contributed by atoms with Crippen molar-refractivity contribution in [1.82, 2.24) is 4.31 Å². The molecule has 2 rings (SSSR count). The summed E-state index contributed by atoms with van der Waals surface area (Å²) in [5, 5.41) is 11.9. The van der Waals surface area contributed by atoms with Crippen LogP contribution in [0.2, 0.25) is 0 Å². The Morgan fingerprint density at radius 3 is 2.44 bits per heavy atom. The number of hydrogen-bond acceptors (Lipinski definition) is 5. The first-order valence-electron chi connectivity index (χ1n) is 8.15. The molecule has 136 valence electrons. The topological polar surface area (TPSA) is 97.6 Å². The van der Waals surface area contributed by atoms with Gasteiger partial charge in [0.05, 0.1) is 10.3 Å². The molecule has 0 aliphatic heterocycles. The van der Waals surface area contributed by atoms with Crippen molar-refractivity contribution in [2.45, 2.75) is 32.1 Å². The number of nitrogens with zero attached hydrogens (tertiary/aromatic N) is 2. The molecule has 0 saturated heterocycles. The van der Waals surface area contributed by atoms with Gasteiger partial charge in [0, 0.05) is 37.7 Å². The van der Waals surface area contributed by atoms with Crippen molar-refractivity contribution in [3.63, 3.8) is 0 Å². The Morgan fingerprint density at radius 1 is 1.24 bits per heavy atom. The number of ketones is 1.